The van der Waals surface area contributed by atoms with Crippen LogP contribution < -0.4 is 5.32 Å². The molecule has 1 N–H and O–H groups in total. The van der Waals surface area contributed by atoms with Crippen LogP contribution in [0.1, 0.15) is 36.3 Å². The van der Waals surface area contributed by atoms with Gasteiger partial charge in [0.25, 0.3) is 0 Å². The van der Waals surface area contributed by atoms with Crippen molar-refractivity contribution in [2.24, 2.45) is 5.92 Å². The summed E-state index contributed by atoms with van der Waals surface area (Å²) < 4.78 is 5.70. The van der Waals surface area contributed by atoms with Gasteiger partial charge >= 0.3 is 0 Å². The second-order valence-corrected chi connectivity index (χ2v) is 6.31. The molecule has 2 heterocycles. The molecule has 0 radical (unpaired) electrons. The molecule has 3 heteroatoms. The number of nitrogens with one attached hydrogen (secondary N) is 1. The molecule has 0 saturated heterocycles. The van der Waals surface area contributed by atoms with Crippen LogP contribution in [0.5, 0.6) is 0 Å². The van der Waals surface area contributed by atoms with Crippen LogP contribution in [-0.2, 0) is 26.2 Å². The van der Waals surface area contributed by atoms with E-state index in [4.69, 9.17) is 4.42 Å². The van der Waals surface area contributed by atoms with E-state index >= 15 is 0 Å². The highest BCUT2D eigenvalue weighted by molar-refractivity contribution is 5.30. The second-order valence-electron chi connectivity index (χ2n) is 6.31. The largest absolute Gasteiger partial charge is 0.468 e. The first-order valence-corrected chi connectivity index (χ1v) is 7.77. The van der Waals surface area contributed by atoms with Crippen LogP contribution in [0.15, 0.2) is 41.0 Å². The van der Waals surface area contributed by atoms with E-state index in [1.165, 1.54) is 16.7 Å². The van der Waals surface area contributed by atoms with Crippen LogP contribution in [0.4, 0.5) is 0 Å². The zero-order valence-electron chi connectivity index (χ0n) is 12.9. The normalized spacial score (nSPS) is 14.8. The fourth-order valence-corrected chi connectivity index (χ4v) is 2.88. The maximum Gasteiger partial charge on any atom is 0.122 e. The van der Waals surface area contributed by atoms with Gasteiger partial charge in [-0.05, 0) is 29.7 Å². The Hall–Kier alpha value is -1.58. The van der Waals surface area contributed by atoms with Gasteiger partial charge in [0.1, 0.15) is 5.76 Å². The molecule has 3 rings (SSSR count). The van der Waals surface area contributed by atoms with Gasteiger partial charge in [0, 0.05) is 25.2 Å². The first-order valence-electron chi connectivity index (χ1n) is 7.77. The van der Waals surface area contributed by atoms with Gasteiger partial charge in [0.2, 0.25) is 0 Å². The highest BCUT2D eigenvalue weighted by atomic mass is 16.3. The van der Waals surface area contributed by atoms with Crippen LogP contribution >= 0.6 is 0 Å². The molecule has 0 aliphatic carbocycles. The van der Waals surface area contributed by atoms with Crippen LogP contribution in [0.3, 0.4) is 0 Å². The van der Waals surface area contributed by atoms with Crippen LogP contribution in [0.25, 0.3) is 0 Å². The molecule has 0 bridgehead atoms. The van der Waals surface area contributed by atoms with E-state index in [1.54, 1.807) is 0 Å². The van der Waals surface area contributed by atoms with Crippen molar-refractivity contribution in [2.45, 2.75) is 40.0 Å². The second kappa shape index (κ2) is 6.46. The molecule has 0 fully saturated rings. The number of benzene rings is 1. The standard InChI is InChI=1S/C18H24N2O/c1-14(2)9-19-10-15-7-8-21-18(15)13-20-11-16-5-3-4-6-17(16)12-20/h3-8,14,19H,9-13H2,1-2H3. The first-order chi connectivity index (χ1) is 10.2. The highest BCUT2D eigenvalue weighted by Gasteiger charge is 2.20. The van der Waals surface area contributed by atoms with Gasteiger partial charge in [-0.2, -0.15) is 0 Å². The van der Waals surface area contributed by atoms with E-state index < -0.39 is 0 Å². The first kappa shape index (κ1) is 14.4. The van der Waals surface area contributed by atoms with E-state index in [9.17, 15) is 0 Å². The Morgan fingerprint density at radius 3 is 2.52 bits per heavy atom. The Morgan fingerprint density at radius 2 is 1.86 bits per heavy atom. The van der Waals surface area contributed by atoms with Crippen LogP contribution in [-0.4, -0.2) is 11.4 Å². The lowest BCUT2D eigenvalue weighted by Crippen LogP contribution is -2.21. The Bertz CT molecular complexity index is 563. The zero-order chi connectivity index (χ0) is 14.7. The maximum absolute atomic E-state index is 5.70. The summed E-state index contributed by atoms with van der Waals surface area (Å²) >= 11 is 0. The highest BCUT2D eigenvalue weighted by Crippen LogP contribution is 2.25. The summed E-state index contributed by atoms with van der Waals surface area (Å²) in [7, 11) is 0. The Labute approximate surface area is 127 Å². The molecule has 0 amide bonds. The number of furan rings is 1. The van der Waals surface area contributed by atoms with Gasteiger partial charge in [-0.3, -0.25) is 4.90 Å². The summed E-state index contributed by atoms with van der Waals surface area (Å²) in [4.78, 5) is 2.44. The molecule has 1 aromatic heterocycles. The van der Waals surface area contributed by atoms with Crippen molar-refractivity contribution >= 4 is 0 Å². The number of rotatable bonds is 6. The van der Waals surface area contributed by atoms with Gasteiger partial charge in [0.05, 0.1) is 12.8 Å². The van der Waals surface area contributed by atoms with Gasteiger partial charge < -0.3 is 9.73 Å². The van der Waals surface area contributed by atoms with Crippen molar-refractivity contribution < 1.29 is 4.42 Å². The van der Waals surface area contributed by atoms with Gasteiger partial charge in [-0.1, -0.05) is 38.1 Å². The Balaban J connectivity index is 1.58. The minimum Gasteiger partial charge on any atom is -0.468 e. The maximum atomic E-state index is 5.70. The topological polar surface area (TPSA) is 28.4 Å². The third-order valence-electron chi connectivity index (χ3n) is 3.98. The fourth-order valence-electron chi connectivity index (χ4n) is 2.88. The number of nitrogens with zero attached hydrogens (tertiary/aromatic N) is 1. The van der Waals surface area contributed by atoms with Crippen LogP contribution in [0, 0.1) is 5.92 Å². The van der Waals surface area contributed by atoms with E-state index in [-0.39, 0.29) is 0 Å². The molecule has 0 atom stereocenters. The monoisotopic (exact) mass is 284 g/mol. The van der Waals surface area contributed by atoms with Crippen molar-refractivity contribution in [2.75, 3.05) is 6.54 Å². The number of hydrogen-bond acceptors (Lipinski definition) is 3. The fraction of sp³-hybridized carbons (Fsp3) is 0.444. The minimum atomic E-state index is 0.674. The third kappa shape index (κ3) is 3.55. The van der Waals surface area contributed by atoms with Crippen molar-refractivity contribution in [3.8, 4) is 0 Å². The van der Waals surface area contributed by atoms with Crippen molar-refractivity contribution in [1.29, 1.82) is 0 Å². The predicted molar refractivity (Wildman–Crippen MR) is 84.6 cm³/mol. The SMILES string of the molecule is CC(C)CNCc1ccoc1CN1Cc2ccccc2C1. The average Bonchev–Trinajstić information content (AvgIpc) is 3.05. The molecule has 1 aliphatic rings. The Kier molecular flexibility index (Phi) is 4.42. The smallest absolute Gasteiger partial charge is 0.122 e. The molecular weight excluding hydrogens is 260 g/mol. The summed E-state index contributed by atoms with van der Waals surface area (Å²) in [5, 5.41) is 3.49. The average molecular weight is 284 g/mol. The van der Waals surface area contributed by atoms with E-state index in [0.717, 1.165) is 38.5 Å². The van der Waals surface area contributed by atoms with E-state index in [2.05, 4.69) is 54.4 Å². The minimum absolute atomic E-state index is 0.674. The van der Waals surface area contributed by atoms with Gasteiger partial charge in [0.15, 0.2) is 0 Å². The molecule has 112 valence electrons. The lowest BCUT2D eigenvalue weighted by atomic mass is 10.1. The summed E-state index contributed by atoms with van der Waals surface area (Å²) in [6.45, 7) is 9.33. The van der Waals surface area contributed by atoms with E-state index in [1.807, 2.05) is 6.26 Å². The van der Waals surface area contributed by atoms with Crippen LogP contribution in [0.2, 0.25) is 0 Å². The van der Waals surface area contributed by atoms with Gasteiger partial charge in [-0.15, -0.1) is 0 Å². The van der Waals surface area contributed by atoms with E-state index in [0.29, 0.717) is 5.92 Å². The molecule has 0 unspecified atom stereocenters. The molecule has 1 aromatic carbocycles. The molecular formula is C18H24N2O. The molecule has 2 aromatic rings. The molecule has 3 nitrogen and oxygen atoms in total. The summed E-state index contributed by atoms with van der Waals surface area (Å²) in [5.74, 6) is 1.77. The predicted octanol–water partition coefficient (Wildman–Crippen LogP) is 3.54. The lowest BCUT2D eigenvalue weighted by molar-refractivity contribution is 0.249. The third-order valence-corrected chi connectivity index (χ3v) is 3.98. The lowest BCUT2D eigenvalue weighted by Gasteiger charge is -2.14. The molecule has 0 saturated carbocycles. The summed E-state index contributed by atoms with van der Waals surface area (Å²) in [6.07, 6.45) is 1.81. The summed E-state index contributed by atoms with van der Waals surface area (Å²) in [5.41, 5.74) is 4.18. The summed E-state index contributed by atoms with van der Waals surface area (Å²) in [6, 6.07) is 10.8. The van der Waals surface area contributed by atoms with Crippen molar-refractivity contribution in [1.82, 2.24) is 10.2 Å². The van der Waals surface area contributed by atoms with Gasteiger partial charge in [-0.25, -0.2) is 0 Å². The van der Waals surface area contributed by atoms with Crippen molar-refractivity contribution in [3.63, 3.8) is 0 Å². The number of fused-ring (bicyclic) bond motifs is 1. The molecule has 1 aliphatic heterocycles. The number of hydrogen-bond donors (Lipinski definition) is 1. The quantitative estimate of drug-likeness (QED) is 0.879. The molecule has 0 spiro atoms. The zero-order valence-corrected chi connectivity index (χ0v) is 12.9. The Morgan fingerprint density at radius 1 is 1.14 bits per heavy atom. The van der Waals surface area contributed by atoms with Crippen molar-refractivity contribution in [3.05, 3.63) is 59.0 Å². The molecule has 21 heavy (non-hydrogen) atoms.